The standard InChI is InChI=1S/C17H27NO/c1-4-6-7-8-9-10-15(3)14-18(13-5-2)17(19)16-11-12-16/h5-7,10,16H,2,4,8-9,11-14H2,1,3H3/b7-6-,15-10-. The van der Waals surface area contributed by atoms with Crippen molar-refractivity contribution in [2.75, 3.05) is 13.1 Å². The molecule has 0 saturated heterocycles. The highest BCUT2D eigenvalue weighted by Crippen LogP contribution is 2.31. The molecule has 0 heterocycles. The van der Waals surface area contributed by atoms with E-state index in [0.717, 1.165) is 38.6 Å². The molecule has 1 amide bonds. The number of rotatable bonds is 9. The lowest BCUT2D eigenvalue weighted by Crippen LogP contribution is -2.33. The lowest BCUT2D eigenvalue weighted by atomic mass is 10.2. The van der Waals surface area contributed by atoms with Crippen LogP contribution in [0.3, 0.4) is 0 Å². The van der Waals surface area contributed by atoms with Crippen molar-refractivity contribution in [1.29, 1.82) is 0 Å². The Morgan fingerprint density at radius 3 is 2.63 bits per heavy atom. The number of carbonyl (C=O) groups is 1. The van der Waals surface area contributed by atoms with Gasteiger partial charge in [-0.25, -0.2) is 0 Å². The van der Waals surface area contributed by atoms with Gasteiger partial charge in [-0.05, 0) is 39.0 Å². The molecule has 0 atom stereocenters. The molecule has 19 heavy (non-hydrogen) atoms. The molecule has 0 aromatic rings. The monoisotopic (exact) mass is 261 g/mol. The van der Waals surface area contributed by atoms with Crippen LogP contribution in [0.1, 0.15) is 46.0 Å². The molecule has 0 radical (unpaired) electrons. The molecule has 1 fully saturated rings. The zero-order chi connectivity index (χ0) is 14.1. The molecule has 1 rings (SSSR count). The van der Waals surface area contributed by atoms with E-state index in [-0.39, 0.29) is 0 Å². The van der Waals surface area contributed by atoms with Crippen molar-refractivity contribution in [2.45, 2.75) is 46.0 Å². The molecule has 1 aliphatic rings. The van der Waals surface area contributed by atoms with E-state index in [4.69, 9.17) is 0 Å². The molecule has 106 valence electrons. The fourth-order valence-electron chi connectivity index (χ4n) is 2.05. The molecule has 0 bridgehead atoms. The highest BCUT2D eigenvalue weighted by Gasteiger charge is 2.32. The second kappa shape index (κ2) is 8.73. The number of allylic oxidation sites excluding steroid dienone is 3. The van der Waals surface area contributed by atoms with Crippen molar-refractivity contribution in [1.82, 2.24) is 4.90 Å². The molecular formula is C17H27NO. The zero-order valence-electron chi connectivity index (χ0n) is 12.4. The van der Waals surface area contributed by atoms with E-state index in [1.807, 2.05) is 11.0 Å². The molecule has 0 aromatic heterocycles. The Labute approximate surface area is 117 Å². The minimum absolute atomic E-state index is 0.292. The average Bonchev–Trinajstić information content (AvgIpc) is 3.21. The fraction of sp³-hybridized carbons (Fsp3) is 0.588. The van der Waals surface area contributed by atoms with Crippen molar-refractivity contribution in [3.05, 3.63) is 36.5 Å². The molecule has 0 aliphatic heterocycles. The van der Waals surface area contributed by atoms with Crippen molar-refractivity contribution in [2.24, 2.45) is 5.92 Å². The van der Waals surface area contributed by atoms with Crippen LogP contribution in [0.2, 0.25) is 0 Å². The highest BCUT2D eigenvalue weighted by atomic mass is 16.2. The predicted molar refractivity (Wildman–Crippen MR) is 81.9 cm³/mol. The molecule has 1 saturated carbocycles. The normalized spacial score (nSPS) is 15.8. The first kappa shape index (κ1) is 15.7. The number of carbonyl (C=O) groups excluding carboxylic acids is 1. The third-order valence-electron chi connectivity index (χ3n) is 3.26. The first-order valence-electron chi connectivity index (χ1n) is 7.39. The molecule has 2 heteroatoms. The van der Waals surface area contributed by atoms with Gasteiger partial charge in [0.2, 0.25) is 5.91 Å². The number of nitrogens with zero attached hydrogens (tertiary/aromatic N) is 1. The van der Waals surface area contributed by atoms with Gasteiger partial charge in [-0.1, -0.05) is 36.8 Å². The number of hydrogen-bond donors (Lipinski definition) is 0. The SMILES string of the molecule is C=CCN(C/C(C)=C\CC/C=C\CC)C(=O)C1CC1. The Hall–Kier alpha value is -1.31. The van der Waals surface area contributed by atoms with Gasteiger partial charge in [-0.2, -0.15) is 0 Å². The third kappa shape index (κ3) is 6.42. The Morgan fingerprint density at radius 1 is 1.32 bits per heavy atom. The van der Waals surface area contributed by atoms with Crippen LogP contribution in [0.25, 0.3) is 0 Å². The minimum atomic E-state index is 0.292. The summed E-state index contributed by atoms with van der Waals surface area (Å²) in [5.41, 5.74) is 1.28. The second-order valence-corrected chi connectivity index (χ2v) is 5.29. The van der Waals surface area contributed by atoms with Gasteiger partial charge < -0.3 is 4.90 Å². The quantitative estimate of drug-likeness (QED) is 0.452. The van der Waals surface area contributed by atoms with Crippen LogP contribution in [0, 0.1) is 5.92 Å². The zero-order valence-corrected chi connectivity index (χ0v) is 12.4. The van der Waals surface area contributed by atoms with E-state index in [9.17, 15) is 4.79 Å². The van der Waals surface area contributed by atoms with Gasteiger partial charge >= 0.3 is 0 Å². The van der Waals surface area contributed by atoms with Gasteiger partial charge in [0, 0.05) is 19.0 Å². The summed E-state index contributed by atoms with van der Waals surface area (Å²) in [6, 6.07) is 0. The lowest BCUT2D eigenvalue weighted by Gasteiger charge is -2.21. The largest absolute Gasteiger partial charge is 0.335 e. The number of hydrogen-bond acceptors (Lipinski definition) is 1. The van der Waals surface area contributed by atoms with Gasteiger partial charge in [-0.15, -0.1) is 6.58 Å². The summed E-state index contributed by atoms with van der Waals surface area (Å²) in [4.78, 5) is 14.0. The molecule has 0 aromatic carbocycles. The van der Waals surface area contributed by atoms with Crippen LogP contribution in [-0.4, -0.2) is 23.9 Å². The van der Waals surface area contributed by atoms with Crippen molar-refractivity contribution >= 4 is 5.91 Å². The van der Waals surface area contributed by atoms with E-state index in [0.29, 0.717) is 18.4 Å². The molecule has 0 unspecified atom stereocenters. The van der Waals surface area contributed by atoms with Gasteiger partial charge in [0.05, 0.1) is 0 Å². The van der Waals surface area contributed by atoms with Gasteiger partial charge in [0.1, 0.15) is 0 Å². The third-order valence-corrected chi connectivity index (χ3v) is 3.26. The minimum Gasteiger partial charge on any atom is -0.335 e. The van der Waals surface area contributed by atoms with E-state index in [1.54, 1.807) is 0 Å². The summed E-state index contributed by atoms with van der Waals surface area (Å²) >= 11 is 0. The Kier molecular flexibility index (Phi) is 7.24. The summed E-state index contributed by atoms with van der Waals surface area (Å²) in [6.45, 7) is 9.41. The van der Waals surface area contributed by atoms with E-state index >= 15 is 0 Å². The summed E-state index contributed by atoms with van der Waals surface area (Å²) < 4.78 is 0. The fourth-order valence-corrected chi connectivity index (χ4v) is 2.05. The van der Waals surface area contributed by atoms with Crippen LogP contribution in [-0.2, 0) is 4.79 Å². The molecular weight excluding hydrogens is 234 g/mol. The summed E-state index contributed by atoms with van der Waals surface area (Å²) in [7, 11) is 0. The summed E-state index contributed by atoms with van der Waals surface area (Å²) in [5.74, 6) is 0.596. The van der Waals surface area contributed by atoms with Crippen molar-refractivity contribution < 1.29 is 4.79 Å². The molecule has 0 spiro atoms. The second-order valence-electron chi connectivity index (χ2n) is 5.29. The maximum Gasteiger partial charge on any atom is 0.226 e. The molecule has 2 nitrogen and oxygen atoms in total. The summed E-state index contributed by atoms with van der Waals surface area (Å²) in [5, 5.41) is 0. The predicted octanol–water partition coefficient (Wildman–Crippen LogP) is 4.10. The van der Waals surface area contributed by atoms with E-state index < -0.39 is 0 Å². The first-order chi connectivity index (χ1) is 9.19. The van der Waals surface area contributed by atoms with Crippen LogP contribution >= 0.6 is 0 Å². The maximum atomic E-state index is 12.1. The van der Waals surface area contributed by atoms with Crippen LogP contribution in [0.5, 0.6) is 0 Å². The smallest absolute Gasteiger partial charge is 0.226 e. The Morgan fingerprint density at radius 2 is 2.05 bits per heavy atom. The van der Waals surface area contributed by atoms with Gasteiger partial charge in [-0.3, -0.25) is 4.79 Å². The number of amides is 1. The first-order valence-corrected chi connectivity index (χ1v) is 7.39. The van der Waals surface area contributed by atoms with Gasteiger partial charge in [0.25, 0.3) is 0 Å². The summed E-state index contributed by atoms with van der Waals surface area (Å²) in [6.07, 6.45) is 13.9. The topological polar surface area (TPSA) is 20.3 Å². The lowest BCUT2D eigenvalue weighted by molar-refractivity contribution is -0.131. The van der Waals surface area contributed by atoms with Crippen LogP contribution < -0.4 is 0 Å². The van der Waals surface area contributed by atoms with Crippen LogP contribution in [0.4, 0.5) is 0 Å². The van der Waals surface area contributed by atoms with Crippen molar-refractivity contribution in [3.63, 3.8) is 0 Å². The highest BCUT2D eigenvalue weighted by molar-refractivity contribution is 5.81. The number of unbranched alkanes of at least 4 members (excludes halogenated alkanes) is 1. The molecule has 1 aliphatic carbocycles. The van der Waals surface area contributed by atoms with E-state index in [2.05, 4.69) is 38.7 Å². The van der Waals surface area contributed by atoms with Crippen molar-refractivity contribution in [3.8, 4) is 0 Å². The average molecular weight is 261 g/mol. The Balaban J connectivity index is 2.38. The van der Waals surface area contributed by atoms with Gasteiger partial charge in [0.15, 0.2) is 0 Å². The molecule has 0 N–H and O–H groups in total. The Bertz CT molecular complexity index is 350. The van der Waals surface area contributed by atoms with Crippen LogP contribution in [0.15, 0.2) is 36.5 Å². The maximum absolute atomic E-state index is 12.1. The van der Waals surface area contributed by atoms with E-state index in [1.165, 1.54) is 5.57 Å².